The van der Waals surface area contributed by atoms with Crippen LogP contribution in [-0.4, -0.2) is 83.7 Å². The largest absolute Gasteiger partial charge is 0.508 e. The molecule has 0 aliphatic carbocycles. The van der Waals surface area contributed by atoms with Crippen molar-refractivity contribution in [3.05, 3.63) is 42.0 Å². The molecule has 4 atom stereocenters. The van der Waals surface area contributed by atoms with Gasteiger partial charge in [-0.15, -0.1) is 0 Å². The molecular formula is C31H45N5O9. The van der Waals surface area contributed by atoms with Crippen molar-refractivity contribution in [1.82, 2.24) is 26.6 Å². The molecule has 0 saturated carbocycles. The molecule has 0 spiro atoms. The second-order valence-corrected chi connectivity index (χ2v) is 12.4. The van der Waals surface area contributed by atoms with Gasteiger partial charge in [0, 0.05) is 12.5 Å². The topological polar surface area (TPSA) is 201 Å². The molecule has 1 aromatic rings. The molecule has 1 aliphatic heterocycles. The minimum absolute atomic E-state index is 0.0344. The quantitative estimate of drug-likeness (QED) is 0.214. The van der Waals surface area contributed by atoms with Crippen LogP contribution in [-0.2, 0) is 39.9 Å². The van der Waals surface area contributed by atoms with Gasteiger partial charge in [-0.3, -0.25) is 19.2 Å². The van der Waals surface area contributed by atoms with E-state index in [2.05, 4.69) is 26.6 Å². The third-order valence-corrected chi connectivity index (χ3v) is 6.49. The highest BCUT2D eigenvalue weighted by Gasteiger charge is 2.32. The third-order valence-electron chi connectivity index (χ3n) is 6.49. The number of phenols is 1. The molecule has 2 rings (SSSR count). The monoisotopic (exact) mass is 631 g/mol. The summed E-state index contributed by atoms with van der Waals surface area (Å²) in [6.07, 6.45) is 1.71. The van der Waals surface area contributed by atoms with Crippen molar-refractivity contribution in [3.8, 4) is 5.75 Å². The van der Waals surface area contributed by atoms with Crippen molar-refractivity contribution in [2.45, 2.75) is 84.7 Å². The fraction of sp³-hybridized carbons (Fsp3) is 0.548. The lowest BCUT2D eigenvalue weighted by molar-refractivity contribution is -0.149. The SMILES string of the molecule is CC(C)[C@@H]1NC(=O)/C=C\[C@@H](NC(=O)[C@@H](NC(=O)CNC(=O)OC(C)(C)C)C(C)C)COC(=O)[C@H](Cc2ccc(O)cc2)NC1=O. The number of cyclic esters (lactones) is 1. The van der Waals surface area contributed by atoms with Crippen LogP contribution in [0.5, 0.6) is 5.75 Å². The summed E-state index contributed by atoms with van der Waals surface area (Å²) in [6, 6.07) is 1.96. The number of rotatable bonds is 9. The van der Waals surface area contributed by atoms with Crippen molar-refractivity contribution >= 4 is 35.7 Å². The van der Waals surface area contributed by atoms with Crippen LogP contribution in [0.2, 0.25) is 0 Å². The van der Waals surface area contributed by atoms with Crippen molar-refractivity contribution in [2.75, 3.05) is 13.2 Å². The Kier molecular flexibility index (Phi) is 13.4. The zero-order valence-electron chi connectivity index (χ0n) is 26.8. The first kappa shape index (κ1) is 36.6. The van der Waals surface area contributed by atoms with E-state index in [0.29, 0.717) is 5.56 Å². The molecule has 248 valence electrons. The summed E-state index contributed by atoms with van der Waals surface area (Å²) < 4.78 is 10.6. The van der Waals surface area contributed by atoms with E-state index in [-0.39, 0.29) is 30.6 Å². The average Bonchev–Trinajstić information content (AvgIpc) is 2.93. The first-order chi connectivity index (χ1) is 20.9. The van der Waals surface area contributed by atoms with Crippen LogP contribution in [0.15, 0.2) is 36.4 Å². The third kappa shape index (κ3) is 12.9. The highest BCUT2D eigenvalue weighted by Crippen LogP contribution is 2.13. The number of carbonyl (C=O) groups excluding carboxylic acids is 6. The Labute approximate surface area is 263 Å². The number of ether oxygens (including phenoxy) is 2. The van der Waals surface area contributed by atoms with Gasteiger partial charge in [-0.05, 0) is 50.3 Å². The Morgan fingerprint density at radius 2 is 1.69 bits per heavy atom. The number of alkyl carbamates (subject to hydrolysis) is 1. The number of esters is 1. The van der Waals surface area contributed by atoms with Gasteiger partial charge in [0.2, 0.25) is 23.6 Å². The maximum atomic E-state index is 13.3. The Morgan fingerprint density at radius 1 is 1.04 bits per heavy atom. The summed E-state index contributed by atoms with van der Waals surface area (Å²) in [7, 11) is 0. The molecule has 1 aromatic carbocycles. The molecule has 5 amide bonds. The predicted molar refractivity (Wildman–Crippen MR) is 164 cm³/mol. The second-order valence-electron chi connectivity index (χ2n) is 12.4. The molecule has 1 aliphatic rings. The summed E-state index contributed by atoms with van der Waals surface area (Å²) in [6.45, 7) is 11.1. The fourth-order valence-electron chi connectivity index (χ4n) is 4.18. The van der Waals surface area contributed by atoms with E-state index in [9.17, 15) is 33.9 Å². The number of nitrogens with one attached hydrogen (secondary N) is 5. The van der Waals surface area contributed by atoms with E-state index in [0.717, 1.165) is 6.08 Å². The second kappa shape index (κ2) is 16.5. The lowest BCUT2D eigenvalue weighted by atomic mass is 10.0. The van der Waals surface area contributed by atoms with Crippen LogP contribution < -0.4 is 26.6 Å². The molecule has 0 fully saturated rings. The number of carbonyl (C=O) groups is 6. The molecular weight excluding hydrogens is 586 g/mol. The minimum atomic E-state index is -1.14. The van der Waals surface area contributed by atoms with E-state index in [1.54, 1.807) is 60.6 Å². The molecule has 0 radical (unpaired) electrons. The smallest absolute Gasteiger partial charge is 0.408 e. The molecule has 1 heterocycles. The highest BCUT2D eigenvalue weighted by atomic mass is 16.6. The maximum Gasteiger partial charge on any atom is 0.408 e. The fourth-order valence-corrected chi connectivity index (χ4v) is 4.18. The van der Waals surface area contributed by atoms with Gasteiger partial charge in [-0.25, -0.2) is 9.59 Å². The molecule has 0 saturated heterocycles. The molecule has 0 unspecified atom stereocenters. The van der Waals surface area contributed by atoms with Crippen LogP contribution in [0, 0.1) is 11.8 Å². The van der Waals surface area contributed by atoms with Crippen molar-refractivity contribution in [3.63, 3.8) is 0 Å². The lowest BCUT2D eigenvalue weighted by Crippen LogP contribution is -2.56. The van der Waals surface area contributed by atoms with Gasteiger partial charge >= 0.3 is 12.1 Å². The van der Waals surface area contributed by atoms with Crippen LogP contribution in [0.3, 0.4) is 0 Å². The minimum Gasteiger partial charge on any atom is -0.508 e. The summed E-state index contributed by atoms with van der Waals surface area (Å²) in [4.78, 5) is 76.7. The van der Waals surface area contributed by atoms with Gasteiger partial charge in [0.15, 0.2) is 0 Å². The van der Waals surface area contributed by atoms with Gasteiger partial charge in [-0.1, -0.05) is 45.9 Å². The molecule has 6 N–H and O–H groups in total. The number of phenolic OH excluding ortho intramolecular Hbond substituents is 1. The molecule has 0 bridgehead atoms. The van der Waals surface area contributed by atoms with Gasteiger partial charge in [0.25, 0.3) is 0 Å². The highest BCUT2D eigenvalue weighted by molar-refractivity contribution is 5.95. The van der Waals surface area contributed by atoms with Crippen LogP contribution in [0.4, 0.5) is 4.79 Å². The van der Waals surface area contributed by atoms with Crippen LogP contribution >= 0.6 is 0 Å². The van der Waals surface area contributed by atoms with Crippen molar-refractivity contribution < 1.29 is 43.3 Å². The van der Waals surface area contributed by atoms with Crippen LogP contribution in [0.25, 0.3) is 0 Å². The number of aromatic hydroxyl groups is 1. The Bertz CT molecular complexity index is 1250. The maximum absolute atomic E-state index is 13.3. The lowest BCUT2D eigenvalue weighted by Gasteiger charge is -2.27. The summed E-state index contributed by atoms with van der Waals surface area (Å²) in [5.74, 6) is -3.89. The Hall–Kier alpha value is -4.62. The van der Waals surface area contributed by atoms with E-state index in [4.69, 9.17) is 9.47 Å². The van der Waals surface area contributed by atoms with Crippen LogP contribution in [0.1, 0.15) is 54.0 Å². The average molecular weight is 632 g/mol. The molecule has 14 heteroatoms. The van der Waals surface area contributed by atoms with E-state index in [1.165, 1.54) is 18.2 Å². The van der Waals surface area contributed by atoms with E-state index in [1.807, 2.05) is 0 Å². The summed E-state index contributed by atoms with van der Waals surface area (Å²) >= 11 is 0. The Morgan fingerprint density at radius 3 is 2.27 bits per heavy atom. The van der Waals surface area contributed by atoms with Gasteiger partial charge in [-0.2, -0.15) is 0 Å². The van der Waals surface area contributed by atoms with E-state index >= 15 is 0 Å². The van der Waals surface area contributed by atoms with Crippen molar-refractivity contribution in [2.24, 2.45) is 11.8 Å². The Balaban J connectivity index is 2.21. The van der Waals surface area contributed by atoms with Gasteiger partial charge in [0.1, 0.15) is 42.6 Å². The van der Waals surface area contributed by atoms with Gasteiger partial charge < -0.3 is 41.2 Å². The van der Waals surface area contributed by atoms with E-state index < -0.39 is 72.0 Å². The van der Waals surface area contributed by atoms with Crippen molar-refractivity contribution in [1.29, 1.82) is 0 Å². The number of hydrogen-bond acceptors (Lipinski definition) is 9. The zero-order chi connectivity index (χ0) is 33.9. The first-order valence-electron chi connectivity index (χ1n) is 14.8. The number of hydrogen-bond donors (Lipinski definition) is 6. The molecule has 45 heavy (non-hydrogen) atoms. The van der Waals surface area contributed by atoms with Gasteiger partial charge in [0.05, 0.1) is 6.04 Å². The standard InChI is InChI=1S/C31H45N5O9/c1-17(2)25(36-24(39)15-32-30(43)45-31(5,6)7)27(40)33-20-10-13-23(38)35-26(18(3)4)28(41)34-22(29(42)44-16-20)14-19-8-11-21(37)12-9-19/h8-13,17-18,20,22,25-26,37H,14-16H2,1-7H3,(H,32,43)(H,33,40)(H,34,41)(H,35,38)(H,36,39)/b13-10-/t20-,22+,25+,26+/m1/s1. The first-order valence-corrected chi connectivity index (χ1v) is 14.8. The number of benzene rings is 1. The molecule has 0 aromatic heterocycles. The predicted octanol–water partition coefficient (Wildman–Crippen LogP) is 0.824. The zero-order valence-corrected chi connectivity index (χ0v) is 26.8. The number of amides is 5. The summed E-state index contributed by atoms with van der Waals surface area (Å²) in [5.41, 5.74) is -0.122. The normalized spacial score (nSPS) is 20.8. The summed E-state index contributed by atoms with van der Waals surface area (Å²) in [5, 5.41) is 22.5. The molecule has 14 nitrogen and oxygen atoms in total.